The Morgan fingerprint density at radius 2 is 1.27 bits per heavy atom. The van der Waals surface area contributed by atoms with Gasteiger partial charge in [-0.2, -0.15) is 0 Å². The highest BCUT2D eigenvalue weighted by Crippen LogP contribution is 2.15. The van der Waals surface area contributed by atoms with Gasteiger partial charge in [-0.3, -0.25) is 9.59 Å². The van der Waals surface area contributed by atoms with E-state index >= 15 is 0 Å². The van der Waals surface area contributed by atoms with Gasteiger partial charge in [0.05, 0.1) is 0 Å². The van der Waals surface area contributed by atoms with Crippen LogP contribution in [0.2, 0.25) is 0 Å². The molecular formula is C8H15BN2O4. The molecule has 0 aromatic carbocycles. The molecule has 1 aliphatic heterocycles. The lowest BCUT2D eigenvalue weighted by molar-refractivity contribution is -0.146. The van der Waals surface area contributed by atoms with Crippen molar-refractivity contribution in [2.75, 3.05) is 28.2 Å². The second kappa shape index (κ2) is 4.63. The van der Waals surface area contributed by atoms with Gasteiger partial charge in [0.15, 0.2) is 12.2 Å². The van der Waals surface area contributed by atoms with Crippen molar-refractivity contribution in [2.24, 2.45) is 0 Å². The predicted octanol–water partition coefficient (Wildman–Crippen LogP) is -1.79. The summed E-state index contributed by atoms with van der Waals surface area (Å²) in [5.74, 6) is -0.514. The van der Waals surface area contributed by atoms with Gasteiger partial charge in [0, 0.05) is 28.2 Å². The van der Waals surface area contributed by atoms with Crippen molar-refractivity contribution in [1.82, 2.24) is 9.80 Å². The van der Waals surface area contributed by atoms with Gasteiger partial charge in [-0.1, -0.05) is 0 Å². The van der Waals surface area contributed by atoms with E-state index in [-0.39, 0.29) is 19.5 Å². The second-order valence-corrected chi connectivity index (χ2v) is 3.76. The van der Waals surface area contributed by atoms with Gasteiger partial charge in [0.25, 0.3) is 11.8 Å². The van der Waals surface area contributed by atoms with Crippen LogP contribution in [0.4, 0.5) is 0 Å². The number of carbonyl (C=O) groups is 2. The average Bonchev–Trinajstić information content (AvgIpc) is 2.63. The molecule has 7 heteroatoms. The number of carbonyl (C=O) groups excluding carboxylic acids is 2. The highest BCUT2D eigenvalue weighted by atomic mass is 16.6. The minimum atomic E-state index is -0.824. The molecule has 0 radical (unpaired) electrons. The zero-order valence-corrected chi connectivity index (χ0v) is 9.39. The Morgan fingerprint density at radius 3 is 1.53 bits per heavy atom. The van der Waals surface area contributed by atoms with E-state index in [4.69, 9.17) is 9.31 Å². The molecule has 1 rings (SSSR count). The minimum absolute atomic E-state index is 0.0194. The lowest BCUT2D eigenvalue weighted by Crippen LogP contribution is -2.47. The van der Waals surface area contributed by atoms with Crippen LogP contribution in [0.25, 0.3) is 0 Å². The number of rotatable bonds is 2. The number of hydrogen-bond acceptors (Lipinski definition) is 4. The molecule has 1 aliphatic rings. The smallest absolute Gasteiger partial charge is 0.400 e. The SMILES string of the molecule is CN(C)C(=O)[C@@H]1OBO[C@H]1C(=O)N(C)C. The molecule has 0 bridgehead atoms. The molecule has 1 fully saturated rings. The average molecular weight is 214 g/mol. The molecule has 6 nitrogen and oxygen atoms in total. The monoisotopic (exact) mass is 214 g/mol. The van der Waals surface area contributed by atoms with E-state index in [0.717, 1.165) is 0 Å². The van der Waals surface area contributed by atoms with Crippen LogP contribution in [-0.4, -0.2) is 69.7 Å². The molecule has 0 N–H and O–H groups in total. The zero-order valence-electron chi connectivity index (χ0n) is 9.39. The fourth-order valence-corrected chi connectivity index (χ4v) is 1.27. The van der Waals surface area contributed by atoms with Gasteiger partial charge in [-0.15, -0.1) is 0 Å². The summed E-state index contributed by atoms with van der Waals surface area (Å²) < 4.78 is 10.2. The Morgan fingerprint density at radius 1 is 0.933 bits per heavy atom. The van der Waals surface area contributed by atoms with Crippen LogP contribution < -0.4 is 0 Å². The lowest BCUT2D eigenvalue weighted by atomic mass is 10.1. The number of nitrogens with zero attached hydrogens (tertiary/aromatic N) is 2. The van der Waals surface area contributed by atoms with Crippen LogP contribution in [0.15, 0.2) is 0 Å². The fraction of sp³-hybridized carbons (Fsp3) is 0.750. The van der Waals surface area contributed by atoms with Gasteiger partial charge < -0.3 is 19.1 Å². The van der Waals surface area contributed by atoms with Crippen molar-refractivity contribution in [2.45, 2.75) is 12.2 Å². The Hall–Kier alpha value is -1.08. The molecule has 0 aliphatic carbocycles. The van der Waals surface area contributed by atoms with E-state index in [1.165, 1.54) is 9.80 Å². The zero-order chi connectivity index (χ0) is 11.6. The van der Waals surface area contributed by atoms with E-state index in [2.05, 4.69) is 0 Å². The fourth-order valence-electron chi connectivity index (χ4n) is 1.27. The van der Waals surface area contributed by atoms with Crippen molar-refractivity contribution in [3.05, 3.63) is 0 Å². The van der Waals surface area contributed by atoms with Crippen LogP contribution in [0.3, 0.4) is 0 Å². The summed E-state index contributed by atoms with van der Waals surface area (Å²) in [5, 5.41) is 0. The quantitative estimate of drug-likeness (QED) is 0.509. The van der Waals surface area contributed by atoms with Crippen molar-refractivity contribution < 1.29 is 18.9 Å². The Bertz CT molecular complexity index is 243. The molecule has 0 aromatic rings. The number of likely N-dealkylation sites (N-methyl/N-ethyl adjacent to an activating group) is 2. The molecule has 1 saturated heterocycles. The van der Waals surface area contributed by atoms with Gasteiger partial charge in [0.2, 0.25) is 0 Å². The van der Waals surface area contributed by atoms with Crippen molar-refractivity contribution >= 4 is 19.5 Å². The first kappa shape index (κ1) is 12.0. The molecule has 84 valence electrons. The minimum Gasteiger partial charge on any atom is -0.400 e. The summed E-state index contributed by atoms with van der Waals surface area (Å²) in [6.45, 7) is 0. The standard InChI is InChI=1S/C8H15BN2O4/c1-10(2)7(12)5-6(15-9-14-5)8(13)11(3)4/h5-6,9H,1-4H3/t5-,6-/m1/s1. The first-order valence-corrected chi connectivity index (χ1v) is 4.60. The van der Waals surface area contributed by atoms with Crippen LogP contribution in [-0.2, 0) is 18.9 Å². The van der Waals surface area contributed by atoms with E-state index in [1.807, 2.05) is 0 Å². The largest absolute Gasteiger partial charge is 0.439 e. The first-order chi connectivity index (χ1) is 6.95. The number of hydrogen-bond donors (Lipinski definition) is 0. The van der Waals surface area contributed by atoms with Gasteiger partial charge >= 0.3 is 7.69 Å². The molecule has 0 unspecified atom stereocenters. The maximum Gasteiger partial charge on any atom is 0.439 e. The van der Waals surface area contributed by atoms with Gasteiger partial charge in [-0.05, 0) is 0 Å². The summed E-state index contributed by atoms with van der Waals surface area (Å²) in [6, 6.07) is 0. The van der Waals surface area contributed by atoms with Crippen LogP contribution in [0.1, 0.15) is 0 Å². The van der Waals surface area contributed by atoms with Crippen molar-refractivity contribution in [1.29, 1.82) is 0 Å². The van der Waals surface area contributed by atoms with E-state index in [9.17, 15) is 9.59 Å². The second-order valence-electron chi connectivity index (χ2n) is 3.76. The summed E-state index contributed by atoms with van der Waals surface area (Å²) >= 11 is 0. The first-order valence-electron chi connectivity index (χ1n) is 4.60. The molecule has 0 aromatic heterocycles. The normalized spacial score (nSPS) is 24.5. The molecule has 0 spiro atoms. The Balaban J connectivity index is 2.73. The molecule has 15 heavy (non-hydrogen) atoms. The summed E-state index contributed by atoms with van der Waals surface area (Å²) in [4.78, 5) is 26.0. The maximum absolute atomic E-state index is 11.6. The highest BCUT2D eigenvalue weighted by Gasteiger charge is 2.41. The lowest BCUT2D eigenvalue weighted by Gasteiger charge is -2.22. The molecule has 1 heterocycles. The molecule has 2 amide bonds. The van der Waals surface area contributed by atoms with Gasteiger partial charge in [0.1, 0.15) is 0 Å². The Labute approximate surface area is 89.4 Å². The third-order valence-electron chi connectivity index (χ3n) is 2.14. The Kier molecular flexibility index (Phi) is 3.70. The van der Waals surface area contributed by atoms with Gasteiger partial charge in [-0.25, -0.2) is 0 Å². The summed E-state index contributed by atoms with van der Waals surface area (Å²) in [7, 11) is 6.43. The van der Waals surface area contributed by atoms with Crippen molar-refractivity contribution in [3.8, 4) is 0 Å². The number of amides is 2. The van der Waals surface area contributed by atoms with Crippen LogP contribution in [0, 0.1) is 0 Å². The van der Waals surface area contributed by atoms with E-state index in [1.54, 1.807) is 28.2 Å². The summed E-state index contributed by atoms with van der Waals surface area (Å²) in [6.07, 6.45) is -1.65. The molecule has 2 atom stereocenters. The molecule has 0 saturated carbocycles. The van der Waals surface area contributed by atoms with E-state index < -0.39 is 12.2 Å². The molecular weight excluding hydrogens is 199 g/mol. The maximum atomic E-state index is 11.6. The van der Waals surface area contributed by atoms with E-state index in [0.29, 0.717) is 0 Å². The highest BCUT2D eigenvalue weighted by molar-refractivity contribution is 6.21. The topological polar surface area (TPSA) is 59.1 Å². The van der Waals surface area contributed by atoms with Crippen LogP contribution in [0.5, 0.6) is 0 Å². The summed E-state index contributed by atoms with van der Waals surface area (Å²) in [5.41, 5.74) is 0. The third kappa shape index (κ3) is 2.48. The predicted molar refractivity (Wildman–Crippen MR) is 54.3 cm³/mol. The van der Waals surface area contributed by atoms with Crippen molar-refractivity contribution in [3.63, 3.8) is 0 Å². The third-order valence-corrected chi connectivity index (χ3v) is 2.14. The van der Waals surface area contributed by atoms with Crippen LogP contribution >= 0.6 is 0 Å².